The fraction of sp³-hybridized carbons (Fsp3) is 0.679. The molecule has 1 aliphatic heterocycles. The summed E-state index contributed by atoms with van der Waals surface area (Å²) in [6.07, 6.45) is 5.12. The van der Waals surface area contributed by atoms with Crippen LogP contribution in [-0.2, 0) is 17.6 Å². The smallest absolute Gasteiger partial charge is 0.225 e. The number of anilines is 1. The van der Waals surface area contributed by atoms with E-state index in [4.69, 9.17) is 4.98 Å². The Morgan fingerprint density at radius 3 is 2.81 bits per heavy atom. The predicted octanol–water partition coefficient (Wildman–Crippen LogP) is 3.66. The van der Waals surface area contributed by atoms with Crippen LogP contribution in [0.15, 0.2) is 24.4 Å². The molecule has 7 nitrogen and oxygen atoms in total. The van der Waals surface area contributed by atoms with E-state index in [0.29, 0.717) is 0 Å². The van der Waals surface area contributed by atoms with E-state index in [1.165, 1.54) is 4.88 Å². The van der Waals surface area contributed by atoms with Gasteiger partial charge in [-0.3, -0.25) is 9.78 Å². The van der Waals surface area contributed by atoms with Gasteiger partial charge in [0.1, 0.15) is 0 Å². The van der Waals surface area contributed by atoms with Crippen molar-refractivity contribution >= 4 is 22.4 Å². The van der Waals surface area contributed by atoms with Crippen molar-refractivity contribution in [3.8, 4) is 0 Å². The molecule has 0 aromatic carbocycles. The van der Waals surface area contributed by atoms with Gasteiger partial charge in [0.15, 0.2) is 5.13 Å². The van der Waals surface area contributed by atoms with Crippen LogP contribution in [0.3, 0.4) is 0 Å². The standard InChI is InChI=1S/C28H41N5O2S/c1-18(26(35)33-15-13-32(4)14-16-33)21-8-10-28(3)17-22-24(19(2)23(28)25(21)34)31-27(36-22)30-12-9-20-7-5-6-11-29-20/h5-7,11,18-19,21,23,25,34H,8-10,12-17H2,1-4H3,(H,30,31)/t18-,19-,21?,23+,25-,28-/m0/s1. The second-order valence-electron chi connectivity index (χ2n) is 11.6. The Bertz CT molecular complexity index is 1050. The van der Waals surface area contributed by atoms with Crippen LogP contribution in [-0.4, -0.2) is 76.7 Å². The van der Waals surface area contributed by atoms with Crippen molar-refractivity contribution in [1.29, 1.82) is 0 Å². The van der Waals surface area contributed by atoms with Gasteiger partial charge in [-0.15, -0.1) is 11.3 Å². The number of likely N-dealkylation sites (N-methyl/N-ethyl adjacent to an activating group) is 1. The van der Waals surface area contributed by atoms with Gasteiger partial charge in [0, 0.05) is 67.7 Å². The molecule has 2 aromatic heterocycles. The van der Waals surface area contributed by atoms with Gasteiger partial charge in [-0.25, -0.2) is 4.98 Å². The minimum atomic E-state index is -0.486. The van der Waals surface area contributed by atoms with Crippen molar-refractivity contribution in [2.45, 2.75) is 58.5 Å². The SMILES string of the molecule is C[C@H](C(=O)N1CCN(C)CC1)C1CC[C@@]2(C)Cc3sc(NCCc4ccccn4)nc3[C@@H](C)[C@@H]2[C@H]1O. The van der Waals surface area contributed by atoms with E-state index in [0.717, 1.165) is 74.9 Å². The first-order valence-corrected chi connectivity index (χ1v) is 14.4. The van der Waals surface area contributed by atoms with E-state index in [9.17, 15) is 9.90 Å². The van der Waals surface area contributed by atoms with Crippen LogP contribution in [0, 0.1) is 23.2 Å². The molecule has 36 heavy (non-hydrogen) atoms. The van der Waals surface area contributed by atoms with Gasteiger partial charge in [-0.2, -0.15) is 0 Å². The van der Waals surface area contributed by atoms with Crippen LogP contribution in [0.2, 0.25) is 0 Å². The lowest BCUT2D eigenvalue weighted by Gasteiger charge is -2.53. The van der Waals surface area contributed by atoms with Crippen LogP contribution < -0.4 is 5.32 Å². The minimum absolute atomic E-state index is 0.00818. The van der Waals surface area contributed by atoms with Crippen molar-refractivity contribution < 1.29 is 9.90 Å². The van der Waals surface area contributed by atoms with Gasteiger partial charge >= 0.3 is 0 Å². The Labute approximate surface area is 219 Å². The van der Waals surface area contributed by atoms with E-state index in [1.807, 2.05) is 30.2 Å². The number of carbonyl (C=O) groups is 1. The van der Waals surface area contributed by atoms with Crippen LogP contribution in [0.25, 0.3) is 0 Å². The molecule has 2 fully saturated rings. The van der Waals surface area contributed by atoms with Gasteiger partial charge in [-0.1, -0.05) is 26.8 Å². The van der Waals surface area contributed by atoms with Crippen LogP contribution in [0.1, 0.15) is 55.8 Å². The van der Waals surface area contributed by atoms with E-state index >= 15 is 0 Å². The summed E-state index contributed by atoms with van der Waals surface area (Å²) < 4.78 is 0. The lowest BCUT2D eigenvalue weighted by Crippen LogP contribution is -2.55. The second kappa shape index (κ2) is 10.4. The zero-order valence-electron chi connectivity index (χ0n) is 22.1. The van der Waals surface area contributed by atoms with E-state index in [1.54, 1.807) is 11.3 Å². The Balaban J connectivity index is 1.27. The molecule has 3 heterocycles. The molecular weight excluding hydrogens is 470 g/mol. The summed E-state index contributed by atoms with van der Waals surface area (Å²) >= 11 is 1.77. The molecule has 0 spiro atoms. The maximum absolute atomic E-state index is 13.3. The quantitative estimate of drug-likeness (QED) is 0.616. The molecule has 2 aliphatic carbocycles. The van der Waals surface area contributed by atoms with Gasteiger partial charge < -0.3 is 20.2 Å². The molecule has 6 atom stereocenters. The highest BCUT2D eigenvalue weighted by molar-refractivity contribution is 7.15. The number of hydrogen-bond donors (Lipinski definition) is 2. The minimum Gasteiger partial charge on any atom is -0.392 e. The van der Waals surface area contributed by atoms with Crippen LogP contribution >= 0.6 is 11.3 Å². The molecule has 2 N–H and O–H groups in total. The maximum atomic E-state index is 13.3. The lowest BCUT2D eigenvalue weighted by atomic mass is 9.53. The number of nitrogens with zero attached hydrogens (tertiary/aromatic N) is 4. The average Bonchev–Trinajstić information content (AvgIpc) is 3.27. The number of thiazole rings is 1. The fourth-order valence-electron chi connectivity index (χ4n) is 6.96. The first-order chi connectivity index (χ1) is 17.3. The number of rotatable bonds is 6. The normalized spacial score (nSPS) is 31.4. The number of nitrogens with one attached hydrogen (secondary N) is 1. The van der Waals surface area contributed by atoms with Crippen molar-refractivity contribution in [3.63, 3.8) is 0 Å². The second-order valence-corrected chi connectivity index (χ2v) is 12.7. The summed E-state index contributed by atoms with van der Waals surface area (Å²) in [5.74, 6) is 0.364. The number of piperazine rings is 1. The number of amides is 1. The van der Waals surface area contributed by atoms with Gasteiger partial charge in [-0.05, 0) is 55.7 Å². The average molecular weight is 512 g/mol. The fourth-order valence-corrected chi connectivity index (χ4v) is 8.25. The molecule has 196 valence electrons. The number of aliphatic hydroxyl groups excluding tert-OH is 1. The Kier molecular flexibility index (Phi) is 7.39. The van der Waals surface area contributed by atoms with Crippen molar-refractivity contribution in [2.75, 3.05) is 45.1 Å². The molecule has 5 rings (SSSR count). The monoisotopic (exact) mass is 511 g/mol. The molecule has 1 unspecified atom stereocenters. The maximum Gasteiger partial charge on any atom is 0.225 e. The highest BCUT2D eigenvalue weighted by Gasteiger charge is 2.54. The molecular formula is C28H41N5O2S. The zero-order valence-corrected chi connectivity index (χ0v) is 22.9. The van der Waals surface area contributed by atoms with E-state index < -0.39 is 6.10 Å². The summed E-state index contributed by atoms with van der Waals surface area (Å²) in [6.45, 7) is 10.9. The van der Waals surface area contributed by atoms with Crippen molar-refractivity contribution in [2.24, 2.45) is 23.2 Å². The molecule has 2 aromatic rings. The number of pyridine rings is 1. The molecule has 1 amide bonds. The largest absolute Gasteiger partial charge is 0.392 e. The summed E-state index contributed by atoms with van der Waals surface area (Å²) in [7, 11) is 2.11. The number of fused-ring (bicyclic) bond motifs is 2. The third-order valence-electron chi connectivity index (χ3n) is 9.15. The molecule has 1 saturated carbocycles. The molecule has 0 radical (unpaired) electrons. The third kappa shape index (κ3) is 4.92. The summed E-state index contributed by atoms with van der Waals surface area (Å²) in [5.41, 5.74) is 2.25. The summed E-state index contributed by atoms with van der Waals surface area (Å²) in [6, 6.07) is 6.01. The Morgan fingerprint density at radius 1 is 1.31 bits per heavy atom. The summed E-state index contributed by atoms with van der Waals surface area (Å²) in [4.78, 5) is 28.4. The molecule has 0 bridgehead atoms. The summed E-state index contributed by atoms with van der Waals surface area (Å²) in [5, 5.41) is 16.2. The van der Waals surface area contributed by atoms with Gasteiger partial charge in [0.05, 0.1) is 11.8 Å². The zero-order chi connectivity index (χ0) is 25.4. The van der Waals surface area contributed by atoms with Crippen LogP contribution in [0.4, 0.5) is 5.13 Å². The number of aromatic nitrogens is 2. The number of carbonyl (C=O) groups excluding carboxylic acids is 1. The first-order valence-electron chi connectivity index (χ1n) is 13.6. The first kappa shape index (κ1) is 25.6. The molecule has 1 saturated heterocycles. The third-order valence-corrected chi connectivity index (χ3v) is 10.2. The highest BCUT2D eigenvalue weighted by Crippen LogP contribution is 2.57. The predicted molar refractivity (Wildman–Crippen MR) is 144 cm³/mol. The highest BCUT2D eigenvalue weighted by atomic mass is 32.1. The topological polar surface area (TPSA) is 81.6 Å². The number of aliphatic hydroxyl groups is 1. The van der Waals surface area contributed by atoms with Gasteiger partial charge in [0.25, 0.3) is 0 Å². The Morgan fingerprint density at radius 2 is 2.08 bits per heavy atom. The molecule has 8 heteroatoms. The van der Waals surface area contributed by atoms with E-state index in [2.05, 4.69) is 42.2 Å². The van der Waals surface area contributed by atoms with Crippen molar-refractivity contribution in [3.05, 3.63) is 40.7 Å². The van der Waals surface area contributed by atoms with E-state index in [-0.39, 0.29) is 35.0 Å². The lowest BCUT2D eigenvalue weighted by molar-refractivity contribution is -0.146. The Hall–Kier alpha value is -2.03. The van der Waals surface area contributed by atoms with Crippen LogP contribution in [0.5, 0.6) is 0 Å². The van der Waals surface area contributed by atoms with Gasteiger partial charge in [0.2, 0.25) is 5.91 Å². The number of hydrogen-bond acceptors (Lipinski definition) is 7. The van der Waals surface area contributed by atoms with Crippen molar-refractivity contribution in [1.82, 2.24) is 19.8 Å². The molecule has 3 aliphatic rings.